The molecule has 0 radical (unpaired) electrons. The highest BCUT2D eigenvalue weighted by Crippen LogP contribution is 2.10. The Hall–Kier alpha value is -1.59. The standard InChI is InChI=1S/C12H14N2/c1-9(10(2)14)6-11-4-3-5-12(7-11)8-13/h3-7,10H,14H2,1-2H3/b9-6+. The van der Waals surface area contributed by atoms with Gasteiger partial charge in [-0.25, -0.2) is 0 Å². The Bertz CT molecular complexity index is 384. The number of nitrogens with two attached hydrogens (primary N) is 1. The Labute approximate surface area is 84.7 Å². The van der Waals surface area contributed by atoms with E-state index in [0.717, 1.165) is 11.1 Å². The summed E-state index contributed by atoms with van der Waals surface area (Å²) in [6.07, 6.45) is 2.01. The first-order chi connectivity index (χ1) is 6.63. The first-order valence-electron chi connectivity index (χ1n) is 4.57. The van der Waals surface area contributed by atoms with Crippen molar-refractivity contribution in [1.82, 2.24) is 0 Å². The highest BCUT2D eigenvalue weighted by Gasteiger charge is 1.97. The monoisotopic (exact) mass is 186 g/mol. The smallest absolute Gasteiger partial charge is 0.0991 e. The maximum Gasteiger partial charge on any atom is 0.0991 e. The maximum atomic E-state index is 8.71. The molecule has 2 nitrogen and oxygen atoms in total. The summed E-state index contributed by atoms with van der Waals surface area (Å²) >= 11 is 0. The summed E-state index contributed by atoms with van der Waals surface area (Å²) in [6, 6.07) is 9.65. The summed E-state index contributed by atoms with van der Waals surface area (Å²) in [6.45, 7) is 3.93. The lowest BCUT2D eigenvalue weighted by Gasteiger charge is -2.04. The fourth-order valence-electron chi connectivity index (χ4n) is 1.09. The van der Waals surface area contributed by atoms with Gasteiger partial charge in [-0.1, -0.05) is 23.8 Å². The van der Waals surface area contributed by atoms with Crippen LogP contribution >= 0.6 is 0 Å². The van der Waals surface area contributed by atoms with Gasteiger partial charge in [0.15, 0.2) is 0 Å². The third-order valence-electron chi connectivity index (χ3n) is 2.13. The molecule has 1 rings (SSSR count). The second-order valence-corrected chi connectivity index (χ2v) is 3.41. The van der Waals surface area contributed by atoms with Crippen molar-refractivity contribution in [2.75, 3.05) is 0 Å². The van der Waals surface area contributed by atoms with Crippen LogP contribution in [0.5, 0.6) is 0 Å². The van der Waals surface area contributed by atoms with Gasteiger partial charge in [0, 0.05) is 6.04 Å². The van der Waals surface area contributed by atoms with Gasteiger partial charge >= 0.3 is 0 Å². The van der Waals surface area contributed by atoms with Crippen LogP contribution in [0, 0.1) is 11.3 Å². The molecule has 0 aliphatic rings. The second-order valence-electron chi connectivity index (χ2n) is 3.41. The van der Waals surface area contributed by atoms with Gasteiger partial charge in [0.05, 0.1) is 11.6 Å². The molecular weight excluding hydrogens is 172 g/mol. The number of hydrogen-bond acceptors (Lipinski definition) is 2. The third-order valence-corrected chi connectivity index (χ3v) is 2.13. The highest BCUT2D eigenvalue weighted by molar-refractivity contribution is 5.55. The van der Waals surface area contributed by atoms with E-state index >= 15 is 0 Å². The molecule has 1 atom stereocenters. The second kappa shape index (κ2) is 4.59. The number of rotatable bonds is 2. The number of hydrogen-bond donors (Lipinski definition) is 1. The third kappa shape index (κ3) is 2.72. The van der Waals surface area contributed by atoms with Crippen molar-refractivity contribution in [3.63, 3.8) is 0 Å². The first-order valence-corrected chi connectivity index (χ1v) is 4.57. The van der Waals surface area contributed by atoms with Gasteiger partial charge in [-0.15, -0.1) is 0 Å². The summed E-state index contributed by atoms with van der Waals surface area (Å²) in [4.78, 5) is 0. The van der Waals surface area contributed by atoms with Crippen molar-refractivity contribution < 1.29 is 0 Å². The summed E-state index contributed by atoms with van der Waals surface area (Å²) in [5.74, 6) is 0. The van der Waals surface area contributed by atoms with Gasteiger partial charge in [-0.3, -0.25) is 0 Å². The minimum atomic E-state index is 0.0562. The number of benzene rings is 1. The summed E-state index contributed by atoms with van der Waals surface area (Å²) in [7, 11) is 0. The van der Waals surface area contributed by atoms with Crippen LogP contribution in [-0.2, 0) is 0 Å². The molecule has 0 bridgehead atoms. The topological polar surface area (TPSA) is 49.8 Å². The zero-order valence-corrected chi connectivity index (χ0v) is 8.49. The van der Waals surface area contributed by atoms with Gasteiger partial charge in [0.2, 0.25) is 0 Å². The molecule has 1 unspecified atom stereocenters. The average Bonchev–Trinajstić information content (AvgIpc) is 2.18. The molecule has 2 N–H and O–H groups in total. The Kier molecular flexibility index (Phi) is 3.44. The maximum absolute atomic E-state index is 8.71. The van der Waals surface area contributed by atoms with E-state index < -0.39 is 0 Å². The number of nitriles is 1. The van der Waals surface area contributed by atoms with E-state index in [0.29, 0.717) is 5.56 Å². The molecule has 2 heteroatoms. The average molecular weight is 186 g/mol. The molecule has 0 aliphatic carbocycles. The predicted molar refractivity (Wildman–Crippen MR) is 58.5 cm³/mol. The molecule has 0 spiro atoms. The predicted octanol–water partition coefficient (Wildman–Crippen LogP) is 2.31. The molecule has 1 aromatic rings. The molecule has 0 saturated carbocycles. The van der Waals surface area contributed by atoms with Crippen molar-refractivity contribution >= 4 is 6.08 Å². The van der Waals surface area contributed by atoms with Crippen LogP contribution in [0.1, 0.15) is 25.0 Å². The minimum absolute atomic E-state index is 0.0562. The Morgan fingerprint density at radius 3 is 2.86 bits per heavy atom. The molecule has 1 aromatic carbocycles. The molecule has 0 aliphatic heterocycles. The van der Waals surface area contributed by atoms with Gasteiger partial charge < -0.3 is 5.73 Å². The summed E-state index contributed by atoms with van der Waals surface area (Å²) in [5, 5.41) is 8.71. The van der Waals surface area contributed by atoms with Crippen LogP contribution in [0.4, 0.5) is 0 Å². The van der Waals surface area contributed by atoms with Crippen LogP contribution in [0.25, 0.3) is 6.08 Å². The van der Waals surface area contributed by atoms with E-state index in [2.05, 4.69) is 6.07 Å². The van der Waals surface area contributed by atoms with Crippen LogP contribution in [-0.4, -0.2) is 6.04 Å². The number of nitrogens with zero attached hydrogens (tertiary/aromatic N) is 1. The van der Waals surface area contributed by atoms with E-state index in [1.54, 1.807) is 6.07 Å². The van der Waals surface area contributed by atoms with Crippen molar-refractivity contribution in [3.8, 4) is 6.07 Å². The van der Waals surface area contributed by atoms with E-state index in [4.69, 9.17) is 11.0 Å². The van der Waals surface area contributed by atoms with Gasteiger partial charge in [0.1, 0.15) is 0 Å². The van der Waals surface area contributed by atoms with E-state index in [9.17, 15) is 0 Å². The van der Waals surface area contributed by atoms with Gasteiger partial charge in [-0.05, 0) is 31.5 Å². The van der Waals surface area contributed by atoms with Crippen molar-refractivity contribution in [1.29, 1.82) is 5.26 Å². The molecule has 0 amide bonds. The molecule has 72 valence electrons. The highest BCUT2D eigenvalue weighted by atomic mass is 14.6. The van der Waals surface area contributed by atoms with Gasteiger partial charge in [-0.2, -0.15) is 5.26 Å². The van der Waals surface area contributed by atoms with E-state index in [1.165, 1.54) is 0 Å². The summed E-state index contributed by atoms with van der Waals surface area (Å²) < 4.78 is 0. The lowest BCUT2D eigenvalue weighted by Crippen LogP contribution is -2.15. The Morgan fingerprint density at radius 1 is 1.57 bits per heavy atom. The van der Waals surface area contributed by atoms with Crippen molar-refractivity contribution in [2.24, 2.45) is 5.73 Å². The molecule has 0 saturated heterocycles. The molecule has 0 heterocycles. The largest absolute Gasteiger partial charge is 0.324 e. The first kappa shape index (κ1) is 10.5. The normalized spacial score (nSPS) is 13.4. The van der Waals surface area contributed by atoms with Crippen LogP contribution in [0.15, 0.2) is 29.8 Å². The minimum Gasteiger partial charge on any atom is -0.324 e. The SMILES string of the molecule is C/C(=C\c1cccc(C#N)c1)C(C)N. The molecular formula is C12H14N2. The summed E-state index contributed by atoms with van der Waals surface area (Å²) in [5.41, 5.74) is 8.54. The van der Waals surface area contributed by atoms with Crippen LogP contribution < -0.4 is 5.73 Å². The van der Waals surface area contributed by atoms with Gasteiger partial charge in [0.25, 0.3) is 0 Å². The zero-order valence-electron chi connectivity index (χ0n) is 8.49. The molecule has 0 fully saturated rings. The van der Waals surface area contributed by atoms with Crippen LogP contribution in [0.2, 0.25) is 0 Å². The lowest BCUT2D eigenvalue weighted by molar-refractivity contribution is 0.868. The van der Waals surface area contributed by atoms with Crippen molar-refractivity contribution in [3.05, 3.63) is 41.0 Å². The molecule has 0 aromatic heterocycles. The molecule has 14 heavy (non-hydrogen) atoms. The fraction of sp³-hybridized carbons (Fsp3) is 0.250. The lowest BCUT2D eigenvalue weighted by atomic mass is 10.1. The zero-order chi connectivity index (χ0) is 10.6. The van der Waals surface area contributed by atoms with E-state index in [-0.39, 0.29) is 6.04 Å². The Morgan fingerprint density at radius 2 is 2.29 bits per heavy atom. The fourth-order valence-corrected chi connectivity index (χ4v) is 1.09. The quantitative estimate of drug-likeness (QED) is 0.770. The van der Waals surface area contributed by atoms with E-state index in [1.807, 2.05) is 38.1 Å². The van der Waals surface area contributed by atoms with Crippen molar-refractivity contribution in [2.45, 2.75) is 19.9 Å². The van der Waals surface area contributed by atoms with Crippen LogP contribution in [0.3, 0.4) is 0 Å². The Balaban J connectivity index is 2.98.